The molecule has 0 bridgehead atoms. The lowest BCUT2D eigenvalue weighted by Crippen LogP contribution is -1.75. The third-order valence-corrected chi connectivity index (χ3v) is 2.62. The monoisotopic (exact) mass is 250 g/mol. The molecule has 0 spiro atoms. The van der Waals surface area contributed by atoms with Crippen LogP contribution in [0.25, 0.3) is 0 Å². The molecule has 9 heavy (non-hydrogen) atoms. The van der Waals surface area contributed by atoms with Crippen molar-refractivity contribution in [1.82, 2.24) is 4.98 Å². The summed E-state index contributed by atoms with van der Waals surface area (Å²) in [6.07, 6.45) is 1.72. The van der Waals surface area contributed by atoms with Gasteiger partial charge in [0.2, 0.25) is 0 Å². The third kappa shape index (κ3) is 1.43. The molecule has 0 atom stereocenters. The Kier molecular flexibility index (Phi) is 2.08. The van der Waals surface area contributed by atoms with Gasteiger partial charge in [0.25, 0.3) is 6.29 Å². The summed E-state index contributed by atoms with van der Waals surface area (Å²) in [5.41, 5.74) is 0.439. The summed E-state index contributed by atoms with van der Waals surface area (Å²) in [5, 5.41) is 0. The Morgan fingerprint density at radius 2 is 2.22 bits per heavy atom. The number of rotatable bonds is 1. The van der Waals surface area contributed by atoms with E-state index >= 15 is 0 Å². The topological polar surface area (TPSA) is 32.9 Å². The van der Waals surface area contributed by atoms with Crippen LogP contribution >= 0.6 is 31.9 Å². The van der Waals surface area contributed by atoms with Crippen molar-refractivity contribution in [3.63, 3.8) is 0 Å². The second-order valence-corrected chi connectivity index (χ2v) is 3.09. The van der Waals surface area contributed by atoms with Crippen LogP contribution in [-0.2, 0) is 4.79 Å². The Morgan fingerprint density at radius 1 is 1.56 bits per heavy atom. The molecule has 0 unspecified atom stereocenters. The van der Waals surface area contributed by atoms with Gasteiger partial charge in [0.1, 0.15) is 0 Å². The molecule has 0 aliphatic rings. The number of hydrogen-bond donors (Lipinski definition) is 1. The van der Waals surface area contributed by atoms with E-state index in [1.807, 2.05) is 0 Å². The zero-order valence-electron chi connectivity index (χ0n) is 4.24. The molecule has 1 aromatic heterocycles. The van der Waals surface area contributed by atoms with Crippen LogP contribution in [0, 0.1) is 0 Å². The maximum Gasteiger partial charge on any atom is 0.251 e. The summed E-state index contributed by atoms with van der Waals surface area (Å²) in [7, 11) is 0. The Hall–Kier alpha value is -0.0900. The van der Waals surface area contributed by atoms with Crippen LogP contribution in [0.3, 0.4) is 0 Å². The lowest BCUT2D eigenvalue weighted by atomic mass is 10.5. The summed E-state index contributed by atoms with van der Waals surface area (Å²) in [6, 6.07) is 1.65. The molecule has 1 rings (SSSR count). The van der Waals surface area contributed by atoms with Gasteiger partial charge in [-0.2, -0.15) is 0 Å². The summed E-state index contributed by atoms with van der Waals surface area (Å²) >= 11 is 6.38. The molecule has 2 nitrogen and oxygen atoms in total. The maximum absolute atomic E-state index is 9.97. The molecule has 0 aliphatic heterocycles. The highest BCUT2D eigenvalue weighted by molar-refractivity contribution is 9.13. The maximum atomic E-state index is 9.97. The van der Waals surface area contributed by atoms with Crippen molar-refractivity contribution < 1.29 is 4.79 Å². The van der Waals surface area contributed by atoms with Crippen molar-refractivity contribution in [2.45, 2.75) is 0 Å². The third-order valence-electron chi connectivity index (χ3n) is 0.835. The number of aromatic nitrogens is 1. The predicted molar refractivity (Wildman–Crippen MR) is 41.0 cm³/mol. The minimum Gasteiger partial charge on any atom is -0.346 e. The number of aromatic amines is 1. The first kappa shape index (κ1) is 7.02. The fourth-order valence-corrected chi connectivity index (χ4v) is 1.12. The van der Waals surface area contributed by atoms with Gasteiger partial charge in [-0.1, -0.05) is 0 Å². The molecule has 47 valence electrons. The normalized spacial score (nSPS) is 9.56. The highest BCUT2D eigenvalue weighted by Crippen LogP contribution is 2.21. The van der Waals surface area contributed by atoms with Gasteiger partial charge in [0, 0.05) is 0 Å². The van der Waals surface area contributed by atoms with E-state index in [-0.39, 0.29) is 0 Å². The Labute approximate surface area is 68.9 Å². The summed E-state index contributed by atoms with van der Waals surface area (Å²) in [4.78, 5) is 12.7. The van der Waals surface area contributed by atoms with Crippen LogP contribution in [0.1, 0.15) is 5.69 Å². The number of nitrogens with one attached hydrogen (secondary N) is 1. The van der Waals surface area contributed by atoms with Gasteiger partial charge in [-0.3, -0.25) is 4.79 Å². The van der Waals surface area contributed by atoms with Crippen LogP contribution in [0.5, 0.6) is 0 Å². The molecule has 1 aromatic rings. The molecule has 0 saturated heterocycles. The van der Waals surface area contributed by atoms with E-state index in [1.165, 1.54) is 0 Å². The molecule has 0 aliphatic carbocycles. The second-order valence-electron chi connectivity index (χ2n) is 1.45. The quantitative estimate of drug-likeness (QED) is 0.814. The summed E-state index contributed by atoms with van der Waals surface area (Å²) in [5.74, 6) is 0. The molecule has 0 fully saturated rings. The second kappa shape index (κ2) is 2.66. The first-order valence-corrected chi connectivity index (χ1v) is 3.75. The molecule has 0 saturated carbocycles. The SMILES string of the molecule is O=[C]c1cc(Br)c(Br)[nH]1. The number of halogens is 2. The first-order valence-electron chi connectivity index (χ1n) is 2.16. The molecule has 0 aromatic carbocycles. The molecular weight excluding hydrogens is 250 g/mol. The smallest absolute Gasteiger partial charge is 0.251 e. The van der Waals surface area contributed by atoms with Crippen molar-refractivity contribution in [3.8, 4) is 0 Å². The molecule has 0 amide bonds. The van der Waals surface area contributed by atoms with Crippen molar-refractivity contribution in [2.24, 2.45) is 0 Å². The van der Waals surface area contributed by atoms with Crippen molar-refractivity contribution in [1.29, 1.82) is 0 Å². The van der Waals surface area contributed by atoms with Crippen LogP contribution < -0.4 is 0 Å². The van der Waals surface area contributed by atoms with Gasteiger partial charge < -0.3 is 4.98 Å². The lowest BCUT2D eigenvalue weighted by molar-refractivity contribution is 0.561. The van der Waals surface area contributed by atoms with Crippen LogP contribution in [0.15, 0.2) is 15.1 Å². The molecule has 1 radical (unpaired) electrons. The molecule has 1 heterocycles. The van der Waals surface area contributed by atoms with Gasteiger partial charge in [0.15, 0.2) is 0 Å². The van der Waals surface area contributed by atoms with Crippen LogP contribution in [0.2, 0.25) is 0 Å². The zero-order valence-corrected chi connectivity index (χ0v) is 7.41. The van der Waals surface area contributed by atoms with E-state index in [9.17, 15) is 4.79 Å². The number of carbonyl (C=O) groups excluding carboxylic acids is 1. The van der Waals surface area contributed by atoms with E-state index in [4.69, 9.17) is 0 Å². The average Bonchev–Trinajstić information content (AvgIpc) is 2.13. The fraction of sp³-hybridized carbons (Fsp3) is 0. The highest BCUT2D eigenvalue weighted by Gasteiger charge is 2.00. The minimum atomic E-state index is 0.439. The summed E-state index contributed by atoms with van der Waals surface area (Å²) in [6.45, 7) is 0. The zero-order chi connectivity index (χ0) is 6.85. The van der Waals surface area contributed by atoms with E-state index in [1.54, 1.807) is 12.4 Å². The molecule has 4 heteroatoms. The fourth-order valence-electron chi connectivity index (χ4n) is 0.459. The Morgan fingerprint density at radius 3 is 2.44 bits per heavy atom. The van der Waals surface area contributed by atoms with E-state index in [2.05, 4.69) is 36.8 Å². The highest BCUT2D eigenvalue weighted by atomic mass is 79.9. The molecular formula is C5H2Br2NO. The molecule has 1 N–H and O–H groups in total. The van der Waals surface area contributed by atoms with Crippen LogP contribution in [0.4, 0.5) is 0 Å². The average molecular weight is 252 g/mol. The lowest BCUT2D eigenvalue weighted by Gasteiger charge is -1.77. The van der Waals surface area contributed by atoms with Crippen molar-refractivity contribution >= 4 is 38.1 Å². The predicted octanol–water partition coefficient (Wildman–Crippen LogP) is 2.00. The largest absolute Gasteiger partial charge is 0.346 e. The van der Waals surface area contributed by atoms with Gasteiger partial charge in [-0.15, -0.1) is 0 Å². The standard InChI is InChI=1S/C5H2Br2NO/c6-4-1-3(2-9)8-5(4)7/h1,8H. The van der Waals surface area contributed by atoms with E-state index in [0.717, 1.165) is 9.08 Å². The van der Waals surface area contributed by atoms with Crippen LogP contribution in [-0.4, -0.2) is 11.3 Å². The summed E-state index contributed by atoms with van der Waals surface area (Å²) < 4.78 is 1.60. The van der Waals surface area contributed by atoms with Crippen molar-refractivity contribution in [2.75, 3.05) is 0 Å². The van der Waals surface area contributed by atoms with Crippen molar-refractivity contribution in [3.05, 3.63) is 20.8 Å². The Balaban J connectivity index is 3.11. The minimum absolute atomic E-state index is 0.439. The van der Waals surface area contributed by atoms with Gasteiger partial charge in [0.05, 0.1) is 14.8 Å². The van der Waals surface area contributed by atoms with Gasteiger partial charge in [-0.25, -0.2) is 0 Å². The van der Waals surface area contributed by atoms with E-state index < -0.39 is 0 Å². The first-order chi connectivity index (χ1) is 4.24. The van der Waals surface area contributed by atoms with Gasteiger partial charge in [-0.05, 0) is 37.9 Å². The van der Waals surface area contributed by atoms with E-state index in [0.29, 0.717) is 5.69 Å². The number of H-pyrrole nitrogens is 1. The van der Waals surface area contributed by atoms with Gasteiger partial charge >= 0.3 is 0 Å². The Bertz CT molecular complexity index is 211. The number of hydrogen-bond acceptors (Lipinski definition) is 1.